The van der Waals surface area contributed by atoms with E-state index >= 15 is 0 Å². The molecule has 2 N–H and O–H groups in total. The first-order valence-corrected chi connectivity index (χ1v) is 7.12. The van der Waals surface area contributed by atoms with Crippen LogP contribution >= 0.6 is 11.8 Å². The number of hydrogen-bond acceptors (Lipinski definition) is 5. The van der Waals surface area contributed by atoms with Gasteiger partial charge in [0.15, 0.2) is 0 Å². The van der Waals surface area contributed by atoms with E-state index in [1.54, 1.807) is 11.8 Å². The molecule has 1 saturated heterocycles. The SMILES string of the molecule is C[C@@H](CO)NC(=O)CSCC(=O)N1CCOCC1. The van der Waals surface area contributed by atoms with Crippen molar-refractivity contribution in [3.05, 3.63) is 0 Å². The number of aliphatic hydroxyl groups excluding tert-OH is 1. The van der Waals surface area contributed by atoms with Crippen LogP contribution in [0.5, 0.6) is 0 Å². The van der Waals surface area contributed by atoms with E-state index in [4.69, 9.17) is 9.84 Å². The van der Waals surface area contributed by atoms with Crippen LogP contribution in [-0.2, 0) is 14.3 Å². The number of morpholine rings is 1. The Bertz CT molecular complexity index is 282. The summed E-state index contributed by atoms with van der Waals surface area (Å²) in [5, 5.41) is 11.4. The molecule has 0 bridgehead atoms. The molecular weight excluding hydrogens is 256 g/mol. The van der Waals surface area contributed by atoms with Crippen LogP contribution in [0.25, 0.3) is 0 Å². The Balaban J connectivity index is 2.12. The fourth-order valence-corrected chi connectivity index (χ4v) is 2.23. The van der Waals surface area contributed by atoms with E-state index in [1.165, 1.54) is 11.8 Å². The predicted molar refractivity (Wildman–Crippen MR) is 69.4 cm³/mol. The number of ether oxygens (including phenoxy) is 1. The molecular formula is C11H20N2O4S. The summed E-state index contributed by atoms with van der Waals surface area (Å²) in [5.74, 6) is 0.434. The zero-order chi connectivity index (χ0) is 13.4. The van der Waals surface area contributed by atoms with Crippen molar-refractivity contribution in [2.75, 3.05) is 44.4 Å². The Morgan fingerprint density at radius 1 is 1.39 bits per heavy atom. The molecule has 2 amide bonds. The second kappa shape index (κ2) is 8.34. The first-order chi connectivity index (χ1) is 8.63. The lowest BCUT2D eigenvalue weighted by molar-refractivity contribution is -0.132. The zero-order valence-electron chi connectivity index (χ0n) is 10.6. The Morgan fingerprint density at radius 3 is 2.67 bits per heavy atom. The van der Waals surface area contributed by atoms with Crippen LogP contribution in [0, 0.1) is 0 Å². The minimum atomic E-state index is -0.243. The fourth-order valence-electron chi connectivity index (χ4n) is 1.50. The van der Waals surface area contributed by atoms with Gasteiger partial charge in [0.1, 0.15) is 0 Å². The fraction of sp³-hybridized carbons (Fsp3) is 0.818. The Kier molecular flexibility index (Phi) is 7.07. The summed E-state index contributed by atoms with van der Waals surface area (Å²) in [6, 6.07) is -0.243. The zero-order valence-corrected chi connectivity index (χ0v) is 11.4. The van der Waals surface area contributed by atoms with Crippen molar-refractivity contribution in [3.63, 3.8) is 0 Å². The first-order valence-electron chi connectivity index (χ1n) is 5.97. The van der Waals surface area contributed by atoms with E-state index in [2.05, 4.69) is 5.32 Å². The molecule has 1 heterocycles. The average Bonchev–Trinajstić information content (AvgIpc) is 2.39. The van der Waals surface area contributed by atoms with Crippen molar-refractivity contribution < 1.29 is 19.4 Å². The number of nitrogens with zero attached hydrogens (tertiary/aromatic N) is 1. The molecule has 0 saturated carbocycles. The lowest BCUT2D eigenvalue weighted by Gasteiger charge is -2.26. The highest BCUT2D eigenvalue weighted by Crippen LogP contribution is 2.05. The minimum absolute atomic E-state index is 0.0475. The maximum Gasteiger partial charge on any atom is 0.232 e. The number of aliphatic hydroxyl groups is 1. The van der Waals surface area contributed by atoms with E-state index < -0.39 is 0 Å². The Hall–Kier alpha value is -0.790. The molecule has 0 aromatic rings. The van der Waals surface area contributed by atoms with Crippen LogP contribution in [0.3, 0.4) is 0 Å². The molecule has 1 aliphatic heterocycles. The summed E-state index contributed by atoms with van der Waals surface area (Å²) < 4.78 is 5.16. The summed E-state index contributed by atoms with van der Waals surface area (Å²) >= 11 is 1.29. The quantitative estimate of drug-likeness (QED) is 0.656. The average molecular weight is 276 g/mol. The van der Waals surface area contributed by atoms with Gasteiger partial charge in [0, 0.05) is 19.1 Å². The van der Waals surface area contributed by atoms with Gasteiger partial charge in [-0.15, -0.1) is 11.8 Å². The van der Waals surface area contributed by atoms with E-state index in [1.807, 2.05) is 0 Å². The summed E-state index contributed by atoms with van der Waals surface area (Å²) in [6.07, 6.45) is 0. The van der Waals surface area contributed by atoms with Crippen molar-refractivity contribution in [2.24, 2.45) is 0 Å². The monoisotopic (exact) mass is 276 g/mol. The normalized spacial score (nSPS) is 17.3. The third kappa shape index (κ3) is 5.70. The second-order valence-electron chi connectivity index (χ2n) is 4.14. The third-order valence-corrected chi connectivity index (χ3v) is 3.42. The van der Waals surface area contributed by atoms with Gasteiger partial charge in [-0.1, -0.05) is 0 Å². The van der Waals surface area contributed by atoms with Crippen molar-refractivity contribution in [2.45, 2.75) is 13.0 Å². The van der Waals surface area contributed by atoms with Gasteiger partial charge in [0.25, 0.3) is 0 Å². The van der Waals surface area contributed by atoms with Crippen molar-refractivity contribution in [1.82, 2.24) is 10.2 Å². The number of amides is 2. The van der Waals surface area contributed by atoms with Crippen LogP contribution in [0.1, 0.15) is 6.92 Å². The van der Waals surface area contributed by atoms with Crippen LogP contribution in [0.2, 0.25) is 0 Å². The highest BCUT2D eigenvalue weighted by Gasteiger charge is 2.17. The summed E-state index contributed by atoms with van der Waals surface area (Å²) in [5.41, 5.74) is 0. The van der Waals surface area contributed by atoms with Gasteiger partial charge < -0.3 is 20.1 Å². The number of nitrogens with one attached hydrogen (secondary N) is 1. The van der Waals surface area contributed by atoms with E-state index in [-0.39, 0.29) is 30.2 Å². The maximum absolute atomic E-state index is 11.7. The number of hydrogen-bond donors (Lipinski definition) is 2. The lowest BCUT2D eigenvalue weighted by atomic mass is 10.4. The van der Waals surface area contributed by atoms with Gasteiger partial charge in [-0.3, -0.25) is 9.59 Å². The molecule has 0 radical (unpaired) electrons. The van der Waals surface area contributed by atoms with Gasteiger partial charge in [0.2, 0.25) is 11.8 Å². The standard InChI is InChI=1S/C11H20N2O4S/c1-9(6-14)12-10(15)7-18-8-11(16)13-2-4-17-5-3-13/h9,14H,2-8H2,1H3,(H,12,15)/t9-/m0/s1. The van der Waals surface area contributed by atoms with Crippen LogP contribution in [0.4, 0.5) is 0 Å². The molecule has 7 heteroatoms. The molecule has 1 atom stereocenters. The first kappa shape index (κ1) is 15.3. The molecule has 1 fully saturated rings. The maximum atomic E-state index is 11.7. The molecule has 1 aliphatic rings. The largest absolute Gasteiger partial charge is 0.394 e. The molecule has 0 aromatic carbocycles. The summed E-state index contributed by atoms with van der Waals surface area (Å²) in [7, 11) is 0. The van der Waals surface area contributed by atoms with Crippen molar-refractivity contribution in [3.8, 4) is 0 Å². The van der Waals surface area contributed by atoms with Crippen molar-refractivity contribution >= 4 is 23.6 Å². The van der Waals surface area contributed by atoms with E-state index in [9.17, 15) is 9.59 Å². The van der Waals surface area contributed by atoms with Gasteiger partial charge in [0.05, 0.1) is 31.3 Å². The number of thioether (sulfide) groups is 1. The van der Waals surface area contributed by atoms with E-state index in [0.717, 1.165) is 0 Å². The Morgan fingerprint density at radius 2 is 2.06 bits per heavy atom. The lowest BCUT2D eigenvalue weighted by Crippen LogP contribution is -2.42. The number of rotatable bonds is 6. The second-order valence-corrected chi connectivity index (χ2v) is 5.12. The van der Waals surface area contributed by atoms with Gasteiger partial charge in [-0.25, -0.2) is 0 Å². The smallest absolute Gasteiger partial charge is 0.232 e. The molecule has 0 unspecified atom stereocenters. The summed E-state index contributed by atoms with van der Waals surface area (Å²) in [4.78, 5) is 24.9. The minimum Gasteiger partial charge on any atom is -0.394 e. The van der Waals surface area contributed by atoms with Crippen LogP contribution < -0.4 is 5.32 Å². The van der Waals surface area contributed by atoms with E-state index in [0.29, 0.717) is 32.1 Å². The highest BCUT2D eigenvalue weighted by molar-refractivity contribution is 8.00. The van der Waals surface area contributed by atoms with Gasteiger partial charge in [-0.2, -0.15) is 0 Å². The van der Waals surface area contributed by atoms with Crippen LogP contribution in [-0.4, -0.2) is 72.3 Å². The third-order valence-electron chi connectivity index (χ3n) is 2.50. The molecule has 104 valence electrons. The Labute approximate surface area is 111 Å². The molecule has 18 heavy (non-hydrogen) atoms. The topological polar surface area (TPSA) is 78.9 Å². The van der Waals surface area contributed by atoms with Crippen molar-refractivity contribution in [1.29, 1.82) is 0 Å². The molecule has 0 aromatic heterocycles. The van der Waals surface area contributed by atoms with Gasteiger partial charge >= 0.3 is 0 Å². The molecule has 0 spiro atoms. The molecule has 0 aliphatic carbocycles. The number of carbonyl (C=O) groups is 2. The molecule has 6 nitrogen and oxygen atoms in total. The van der Waals surface area contributed by atoms with Crippen LogP contribution in [0.15, 0.2) is 0 Å². The van der Waals surface area contributed by atoms with Gasteiger partial charge in [-0.05, 0) is 6.92 Å². The predicted octanol–water partition coefficient (Wildman–Crippen LogP) is -0.925. The molecule has 1 rings (SSSR count). The highest BCUT2D eigenvalue weighted by atomic mass is 32.2. The summed E-state index contributed by atoms with van der Waals surface area (Å²) in [6.45, 7) is 4.08. The number of carbonyl (C=O) groups excluding carboxylic acids is 2.